The van der Waals surface area contributed by atoms with Gasteiger partial charge in [-0.2, -0.15) is 13.2 Å². The number of nitrogens with one attached hydrogen (secondary N) is 1. The number of sulfonamides is 1. The van der Waals surface area contributed by atoms with Crippen LogP contribution in [0, 0.1) is 10.1 Å². The Labute approximate surface area is 149 Å². The molecule has 0 saturated heterocycles. The van der Waals surface area contributed by atoms with E-state index in [0.29, 0.717) is 18.2 Å². The van der Waals surface area contributed by atoms with Gasteiger partial charge in [0.25, 0.3) is 15.7 Å². The van der Waals surface area contributed by atoms with Gasteiger partial charge in [0.1, 0.15) is 4.90 Å². The Hall–Kier alpha value is -2.04. The monoisotopic (exact) mass is 414 g/mol. The van der Waals surface area contributed by atoms with Gasteiger partial charge in [-0.15, -0.1) is 0 Å². The summed E-state index contributed by atoms with van der Waals surface area (Å²) < 4.78 is 64.8. The molecule has 134 valence electrons. The molecule has 0 unspecified atom stereocenters. The molecule has 1 N–H and O–H groups in total. The van der Waals surface area contributed by atoms with Crippen molar-refractivity contribution in [2.24, 2.45) is 0 Å². The maximum absolute atomic E-state index is 12.7. The molecule has 0 heterocycles. The fourth-order valence-electron chi connectivity index (χ4n) is 1.79. The molecule has 0 aliphatic carbocycles. The maximum atomic E-state index is 12.7. The van der Waals surface area contributed by atoms with Crippen molar-refractivity contribution in [3.8, 4) is 0 Å². The second-order valence-electron chi connectivity index (χ2n) is 4.67. The molecule has 25 heavy (non-hydrogen) atoms. The first-order valence-corrected chi connectivity index (χ1v) is 8.49. The summed E-state index contributed by atoms with van der Waals surface area (Å²) in [5, 5.41) is 10.1. The van der Waals surface area contributed by atoms with Crippen molar-refractivity contribution >= 4 is 44.6 Å². The molecule has 0 aliphatic heterocycles. The molecule has 0 saturated carbocycles. The van der Waals surface area contributed by atoms with Crippen LogP contribution in [-0.4, -0.2) is 13.3 Å². The van der Waals surface area contributed by atoms with Gasteiger partial charge in [-0.25, -0.2) is 8.42 Å². The zero-order chi connectivity index (χ0) is 19.0. The van der Waals surface area contributed by atoms with Crippen molar-refractivity contribution in [3.63, 3.8) is 0 Å². The van der Waals surface area contributed by atoms with Crippen LogP contribution in [0.3, 0.4) is 0 Å². The predicted octanol–water partition coefficient (Wildman–Crippen LogP) is 4.72. The number of anilines is 1. The highest BCUT2D eigenvalue weighted by Crippen LogP contribution is 2.35. The van der Waals surface area contributed by atoms with Crippen LogP contribution in [0.5, 0.6) is 0 Å². The number of rotatable bonds is 4. The van der Waals surface area contributed by atoms with Gasteiger partial charge >= 0.3 is 6.18 Å². The topological polar surface area (TPSA) is 89.3 Å². The van der Waals surface area contributed by atoms with E-state index in [-0.39, 0.29) is 10.0 Å². The molecule has 0 fully saturated rings. The summed E-state index contributed by atoms with van der Waals surface area (Å²) in [5.41, 5.74) is -2.22. The minimum absolute atomic E-state index is 0.293. The number of non-ortho nitro benzene ring substituents is 1. The third-order valence-corrected chi connectivity index (χ3v) is 5.13. The summed E-state index contributed by atoms with van der Waals surface area (Å²) in [6.45, 7) is 0. The highest BCUT2D eigenvalue weighted by atomic mass is 35.5. The average molecular weight is 415 g/mol. The summed E-state index contributed by atoms with van der Waals surface area (Å²) >= 11 is 11.5. The van der Waals surface area contributed by atoms with E-state index in [1.165, 1.54) is 0 Å². The fraction of sp³-hybridized carbons (Fsp3) is 0.0769. The number of hydrogen-bond acceptors (Lipinski definition) is 4. The van der Waals surface area contributed by atoms with Crippen molar-refractivity contribution in [3.05, 3.63) is 62.1 Å². The summed E-state index contributed by atoms with van der Waals surface area (Å²) in [4.78, 5) is 9.25. The van der Waals surface area contributed by atoms with Gasteiger partial charge in [-0.3, -0.25) is 14.8 Å². The maximum Gasteiger partial charge on any atom is 0.416 e. The smallest absolute Gasteiger partial charge is 0.278 e. The molecule has 0 radical (unpaired) electrons. The number of nitro groups is 1. The van der Waals surface area contributed by atoms with Gasteiger partial charge in [-0.1, -0.05) is 23.2 Å². The van der Waals surface area contributed by atoms with Crippen LogP contribution in [0.15, 0.2) is 41.3 Å². The molecule has 2 aromatic carbocycles. The lowest BCUT2D eigenvalue weighted by Crippen LogP contribution is -2.15. The van der Waals surface area contributed by atoms with Gasteiger partial charge in [0.05, 0.1) is 26.2 Å². The van der Waals surface area contributed by atoms with E-state index in [0.717, 1.165) is 18.2 Å². The van der Waals surface area contributed by atoms with Crippen molar-refractivity contribution in [1.29, 1.82) is 0 Å². The highest BCUT2D eigenvalue weighted by molar-refractivity contribution is 7.92. The number of alkyl halides is 3. The Morgan fingerprint density at radius 1 is 1.04 bits per heavy atom. The quantitative estimate of drug-likeness (QED) is 0.578. The summed E-state index contributed by atoms with van der Waals surface area (Å²) in [7, 11) is -4.52. The molecule has 0 aromatic heterocycles. The van der Waals surface area contributed by atoms with Crippen LogP contribution < -0.4 is 4.72 Å². The molecule has 2 rings (SSSR count). The minimum atomic E-state index is -4.71. The van der Waals surface area contributed by atoms with Crippen LogP contribution in [0.4, 0.5) is 24.5 Å². The van der Waals surface area contributed by atoms with Gasteiger partial charge in [0, 0.05) is 12.1 Å². The Morgan fingerprint density at radius 3 is 2.20 bits per heavy atom. The van der Waals surface area contributed by atoms with E-state index in [2.05, 4.69) is 0 Å². The first-order chi connectivity index (χ1) is 11.4. The normalized spacial score (nSPS) is 12.0. The molecule has 6 nitrogen and oxygen atoms in total. The van der Waals surface area contributed by atoms with E-state index in [1.807, 2.05) is 4.72 Å². The van der Waals surface area contributed by atoms with Crippen LogP contribution in [0.25, 0.3) is 0 Å². The largest absolute Gasteiger partial charge is 0.416 e. The molecule has 0 bridgehead atoms. The van der Waals surface area contributed by atoms with Gasteiger partial charge in [0.2, 0.25) is 0 Å². The summed E-state index contributed by atoms with van der Waals surface area (Å²) in [6.07, 6.45) is -4.71. The van der Waals surface area contributed by atoms with E-state index >= 15 is 0 Å². The lowest BCUT2D eigenvalue weighted by Gasteiger charge is -2.13. The van der Waals surface area contributed by atoms with Crippen LogP contribution in [0.1, 0.15) is 5.56 Å². The third kappa shape index (κ3) is 4.33. The first-order valence-electron chi connectivity index (χ1n) is 6.25. The molecular formula is C13H7Cl2F3N2O4S. The van der Waals surface area contributed by atoms with Gasteiger partial charge in [-0.05, 0) is 24.3 Å². The number of nitro benzene ring substituents is 1. The van der Waals surface area contributed by atoms with E-state index in [4.69, 9.17) is 23.2 Å². The average Bonchev–Trinajstić information content (AvgIpc) is 2.48. The molecule has 0 atom stereocenters. The zero-order valence-electron chi connectivity index (χ0n) is 11.8. The third-order valence-electron chi connectivity index (χ3n) is 2.95. The summed E-state index contributed by atoms with van der Waals surface area (Å²) in [6, 6.07) is 4.72. The van der Waals surface area contributed by atoms with E-state index < -0.39 is 43.0 Å². The number of nitrogens with zero attached hydrogens (tertiary/aromatic N) is 1. The SMILES string of the molecule is O=[N+]([O-])c1ccc(Cl)c(S(=O)(=O)Nc2cc(C(F)(F)F)ccc2Cl)c1. The van der Waals surface area contributed by atoms with Crippen molar-refractivity contribution in [2.75, 3.05) is 4.72 Å². The van der Waals surface area contributed by atoms with Crippen LogP contribution >= 0.6 is 23.2 Å². The van der Waals surface area contributed by atoms with Crippen LogP contribution in [-0.2, 0) is 16.2 Å². The van der Waals surface area contributed by atoms with Crippen molar-refractivity contribution in [1.82, 2.24) is 0 Å². The first kappa shape index (κ1) is 19.3. The highest BCUT2D eigenvalue weighted by Gasteiger charge is 2.31. The fourth-order valence-corrected chi connectivity index (χ4v) is 3.60. The van der Waals surface area contributed by atoms with E-state index in [1.54, 1.807) is 0 Å². The van der Waals surface area contributed by atoms with Crippen molar-refractivity contribution in [2.45, 2.75) is 11.1 Å². The minimum Gasteiger partial charge on any atom is -0.278 e. The summed E-state index contributed by atoms with van der Waals surface area (Å²) in [5.74, 6) is 0. The number of benzene rings is 2. The lowest BCUT2D eigenvalue weighted by molar-refractivity contribution is -0.385. The Kier molecular flexibility index (Phi) is 5.17. The molecular weight excluding hydrogens is 408 g/mol. The molecule has 0 spiro atoms. The predicted molar refractivity (Wildman–Crippen MR) is 85.4 cm³/mol. The van der Waals surface area contributed by atoms with Gasteiger partial charge < -0.3 is 0 Å². The van der Waals surface area contributed by atoms with E-state index in [9.17, 15) is 31.7 Å². The number of halogens is 5. The Bertz CT molecular complexity index is 949. The van der Waals surface area contributed by atoms with Crippen molar-refractivity contribution < 1.29 is 26.5 Å². The second kappa shape index (κ2) is 6.70. The molecule has 0 amide bonds. The molecule has 12 heteroatoms. The van der Waals surface area contributed by atoms with Gasteiger partial charge in [0.15, 0.2) is 0 Å². The zero-order valence-corrected chi connectivity index (χ0v) is 14.2. The second-order valence-corrected chi connectivity index (χ2v) is 7.13. The standard InChI is InChI=1S/C13H7Cl2F3N2O4S/c14-9-3-1-7(13(16,17)18)5-11(9)19-25(23,24)12-6-8(20(21)22)2-4-10(12)15/h1-6,19H. The molecule has 2 aromatic rings. The Morgan fingerprint density at radius 2 is 1.64 bits per heavy atom. The molecule has 0 aliphatic rings. The number of hydrogen-bond donors (Lipinski definition) is 1. The lowest BCUT2D eigenvalue weighted by atomic mass is 10.2. The van der Waals surface area contributed by atoms with Crippen LogP contribution in [0.2, 0.25) is 10.0 Å². The Balaban J connectivity index is 2.50.